The van der Waals surface area contributed by atoms with E-state index in [0.717, 1.165) is 24.6 Å². The third-order valence-corrected chi connectivity index (χ3v) is 6.20. The number of nitrogens with one attached hydrogen (secondary N) is 2. The standard InChI is InChI=1S/C20H21F5N4O4S/c1-32-17-13(5-4-12(21)16(17)22)29-10-19(33-2,20(23,24)25)9-14(29)18(30)28-11-6-7-27-15(8-11)34(3,26)31/h4-8,14,26H,9-10H2,1-3H3,(H,27,28,30)/t14-,19-,34-/m1/s1/i1D3,2D3. The number of methoxy groups -OCH3 is 2. The molecule has 2 N–H and O–H groups in total. The molecule has 3 rings (SSSR count). The van der Waals surface area contributed by atoms with Crippen LogP contribution in [0.2, 0.25) is 0 Å². The van der Waals surface area contributed by atoms with Crippen LogP contribution in [0.3, 0.4) is 0 Å². The van der Waals surface area contributed by atoms with E-state index in [-0.39, 0.29) is 10.7 Å². The van der Waals surface area contributed by atoms with E-state index in [2.05, 4.69) is 19.8 Å². The van der Waals surface area contributed by atoms with Crippen molar-refractivity contribution >= 4 is 27.0 Å². The monoisotopic (exact) mass is 514 g/mol. The maximum absolute atomic E-state index is 14.7. The number of alkyl halides is 3. The molecule has 0 saturated carbocycles. The van der Waals surface area contributed by atoms with Crippen LogP contribution in [0.1, 0.15) is 14.6 Å². The maximum Gasteiger partial charge on any atom is 0.419 e. The second kappa shape index (κ2) is 8.98. The van der Waals surface area contributed by atoms with Crippen molar-refractivity contribution < 1.29 is 48.7 Å². The molecule has 3 atom stereocenters. The number of hydrogen-bond acceptors (Lipinski definition) is 7. The van der Waals surface area contributed by atoms with Crippen LogP contribution >= 0.6 is 0 Å². The number of nitrogens with zero attached hydrogens (tertiary/aromatic N) is 2. The highest BCUT2D eigenvalue weighted by molar-refractivity contribution is 7.91. The highest BCUT2D eigenvalue weighted by Gasteiger charge is 2.63. The molecule has 0 radical (unpaired) electrons. The van der Waals surface area contributed by atoms with Crippen LogP contribution in [0.15, 0.2) is 35.5 Å². The lowest BCUT2D eigenvalue weighted by atomic mass is 9.99. The second-order valence-electron chi connectivity index (χ2n) is 7.47. The molecule has 2 heterocycles. The molecule has 34 heavy (non-hydrogen) atoms. The van der Waals surface area contributed by atoms with E-state index in [0.29, 0.717) is 17.0 Å². The number of ether oxygens (including phenoxy) is 2. The largest absolute Gasteiger partial charge is 0.491 e. The minimum atomic E-state index is -5.43. The number of anilines is 2. The smallest absolute Gasteiger partial charge is 0.419 e. The van der Waals surface area contributed by atoms with Crippen molar-refractivity contribution in [2.45, 2.75) is 29.3 Å². The summed E-state index contributed by atoms with van der Waals surface area (Å²) in [5.74, 6) is -6.11. The van der Waals surface area contributed by atoms with Crippen LogP contribution in [0.25, 0.3) is 0 Å². The van der Waals surface area contributed by atoms with Gasteiger partial charge < -0.3 is 19.7 Å². The van der Waals surface area contributed by atoms with Crippen LogP contribution in [-0.4, -0.2) is 59.8 Å². The Morgan fingerprint density at radius 1 is 1.35 bits per heavy atom. The summed E-state index contributed by atoms with van der Waals surface area (Å²) in [5.41, 5.74) is -4.54. The SMILES string of the molecule is [2H]C([2H])([2H])Oc1c(N2C[C@@](OC([2H])([2H])[2H])(C(F)(F)F)C[C@@H]2C(=O)Nc2ccnc([S@](C)(=N)=O)c2)ccc(F)c1F. The summed E-state index contributed by atoms with van der Waals surface area (Å²) in [6.07, 6.45) is -4.72. The van der Waals surface area contributed by atoms with Gasteiger partial charge in [-0.25, -0.2) is 18.4 Å². The third-order valence-electron chi connectivity index (χ3n) is 5.18. The zero-order chi connectivity index (χ0) is 30.5. The Kier molecular flexibility index (Phi) is 4.85. The quantitative estimate of drug-likeness (QED) is 0.572. The lowest BCUT2D eigenvalue weighted by Crippen LogP contribution is -2.49. The summed E-state index contributed by atoms with van der Waals surface area (Å²) in [5, 5.41) is 1.95. The molecule has 0 spiro atoms. The fourth-order valence-electron chi connectivity index (χ4n) is 3.47. The predicted molar refractivity (Wildman–Crippen MR) is 112 cm³/mol. The number of amides is 1. The summed E-state index contributed by atoms with van der Waals surface area (Å²) in [4.78, 5) is 17.5. The average Bonchev–Trinajstić information content (AvgIpc) is 3.15. The van der Waals surface area contributed by atoms with Gasteiger partial charge in [0.25, 0.3) is 0 Å². The molecule has 1 aliphatic rings. The Labute approximate surface area is 200 Å². The van der Waals surface area contributed by atoms with Crippen LogP contribution in [0.4, 0.5) is 33.3 Å². The molecule has 1 aliphatic heterocycles. The van der Waals surface area contributed by atoms with E-state index in [4.69, 9.17) is 13.0 Å². The molecular weight excluding hydrogens is 487 g/mol. The highest BCUT2D eigenvalue weighted by atomic mass is 32.2. The number of benzene rings is 1. The lowest BCUT2D eigenvalue weighted by molar-refractivity contribution is -0.261. The van der Waals surface area contributed by atoms with Gasteiger partial charge >= 0.3 is 6.18 Å². The van der Waals surface area contributed by atoms with E-state index in [9.17, 15) is 31.0 Å². The van der Waals surface area contributed by atoms with Crippen molar-refractivity contribution in [3.63, 3.8) is 0 Å². The zero-order valence-electron chi connectivity index (χ0n) is 23.2. The molecule has 1 fully saturated rings. The second-order valence-corrected chi connectivity index (χ2v) is 9.57. The number of pyridine rings is 1. The summed E-state index contributed by atoms with van der Waals surface area (Å²) < 4.78 is 144. The van der Waals surface area contributed by atoms with Crippen LogP contribution in [-0.2, 0) is 19.3 Å². The maximum atomic E-state index is 14.7. The third kappa shape index (κ3) is 4.64. The number of carbonyl (C=O) groups excluding carboxylic acids is 1. The summed E-state index contributed by atoms with van der Waals surface area (Å²) in [6.45, 7) is -1.47. The first-order valence-corrected chi connectivity index (χ1v) is 11.2. The van der Waals surface area contributed by atoms with Gasteiger partial charge in [0.1, 0.15) is 11.1 Å². The van der Waals surface area contributed by atoms with Gasteiger partial charge in [-0.15, -0.1) is 0 Å². The highest BCUT2D eigenvalue weighted by Crippen LogP contribution is 2.47. The Bertz CT molecular complexity index is 1410. The Hall–Kier alpha value is -3.00. The Balaban J connectivity index is 2.17. The van der Waals surface area contributed by atoms with Crippen LogP contribution < -0.4 is 15.0 Å². The van der Waals surface area contributed by atoms with Crippen molar-refractivity contribution in [3.05, 3.63) is 42.1 Å². The first kappa shape index (κ1) is 18.3. The predicted octanol–water partition coefficient (Wildman–Crippen LogP) is 3.57. The molecule has 1 saturated heterocycles. The van der Waals surface area contributed by atoms with E-state index < -0.39 is 83.6 Å². The summed E-state index contributed by atoms with van der Waals surface area (Å²) in [7, 11) is -10.4. The summed E-state index contributed by atoms with van der Waals surface area (Å²) >= 11 is 0. The van der Waals surface area contributed by atoms with Gasteiger partial charge in [0.15, 0.2) is 17.2 Å². The van der Waals surface area contributed by atoms with Crippen molar-refractivity contribution in [2.75, 3.05) is 37.1 Å². The van der Waals surface area contributed by atoms with E-state index in [1.165, 1.54) is 0 Å². The van der Waals surface area contributed by atoms with Crippen LogP contribution in [0, 0.1) is 16.4 Å². The van der Waals surface area contributed by atoms with Gasteiger partial charge in [-0.3, -0.25) is 4.79 Å². The number of hydrogen-bond donors (Lipinski definition) is 2. The molecule has 1 amide bonds. The van der Waals surface area contributed by atoms with Gasteiger partial charge in [0.05, 0.1) is 37.2 Å². The fraction of sp³-hybridized carbons (Fsp3) is 0.400. The number of halogens is 5. The van der Waals surface area contributed by atoms with Gasteiger partial charge in [0.2, 0.25) is 11.7 Å². The topological polar surface area (TPSA) is 105 Å². The molecule has 1 aromatic heterocycles. The minimum absolute atomic E-state index is 0.165. The first-order valence-electron chi connectivity index (χ1n) is 12.2. The molecule has 0 aliphatic carbocycles. The number of rotatable bonds is 6. The van der Waals surface area contributed by atoms with Crippen molar-refractivity contribution in [1.29, 1.82) is 4.78 Å². The number of carbonyl (C=O) groups is 1. The molecule has 0 bridgehead atoms. The zero-order valence-corrected chi connectivity index (χ0v) is 18.0. The summed E-state index contributed by atoms with van der Waals surface area (Å²) in [6, 6.07) is 1.27. The molecule has 8 nitrogen and oxygen atoms in total. The Morgan fingerprint density at radius 2 is 2.09 bits per heavy atom. The van der Waals surface area contributed by atoms with Crippen molar-refractivity contribution in [2.24, 2.45) is 0 Å². The van der Waals surface area contributed by atoms with Gasteiger partial charge in [-0.05, 0) is 24.3 Å². The fourth-order valence-corrected chi connectivity index (χ4v) is 4.08. The lowest BCUT2D eigenvalue weighted by Gasteiger charge is -2.31. The van der Waals surface area contributed by atoms with E-state index >= 15 is 0 Å². The molecule has 14 heteroatoms. The van der Waals surface area contributed by atoms with E-state index in [1.807, 2.05) is 0 Å². The minimum Gasteiger partial charge on any atom is -0.491 e. The number of aromatic nitrogens is 1. The molecular formula is C20H21F5N4O4S. The van der Waals surface area contributed by atoms with Crippen molar-refractivity contribution in [3.8, 4) is 5.75 Å². The molecule has 2 aromatic rings. The van der Waals surface area contributed by atoms with Crippen LogP contribution in [0.5, 0.6) is 5.75 Å². The van der Waals surface area contributed by atoms with Gasteiger partial charge in [0, 0.05) is 31.6 Å². The molecule has 1 aromatic carbocycles. The van der Waals surface area contributed by atoms with Gasteiger partial charge in [-0.2, -0.15) is 17.6 Å². The molecule has 186 valence electrons. The Morgan fingerprint density at radius 3 is 2.71 bits per heavy atom. The van der Waals surface area contributed by atoms with Crippen molar-refractivity contribution in [1.82, 2.24) is 4.98 Å². The molecule has 0 unspecified atom stereocenters. The first-order chi connectivity index (χ1) is 18.0. The normalized spacial score (nSPS) is 25.7. The average molecular weight is 515 g/mol. The van der Waals surface area contributed by atoms with Gasteiger partial charge in [-0.1, -0.05) is 0 Å². The van der Waals surface area contributed by atoms with E-state index in [1.54, 1.807) is 0 Å².